The molecule has 2 aromatic heterocycles. The quantitative estimate of drug-likeness (QED) is 0.745. The van der Waals surface area contributed by atoms with E-state index in [4.69, 9.17) is 0 Å². The van der Waals surface area contributed by atoms with Crippen LogP contribution in [0.15, 0.2) is 59.7 Å². The van der Waals surface area contributed by atoms with Gasteiger partial charge < -0.3 is 9.88 Å². The number of hydrogen-bond acceptors (Lipinski definition) is 4. The van der Waals surface area contributed by atoms with E-state index in [0.717, 1.165) is 6.07 Å². The third-order valence-electron chi connectivity index (χ3n) is 3.77. The van der Waals surface area contributed by atoms with E-state index in [-0.39, 0.29) is 11.4 Å². The lowest BCUT2D eigenvalue weighted by atomic mass is 10.2. The number of nitrogens with one attached hydrogen (secondary N) is 1. The van der Waals surface area contributed by atoms with Crippen LogP contribution in [0.25, 0.3) is 5.69 Å². The second kappa shape index (κ2) is 7.40. The van der Waals surface area contributed by atoms with Crippen molar-refractivity contribution in [3.05, 3.63) is 76.3 Å². The largest absolute Gasteiger partial charge is 0.417 e. The van der Waals surface area contributed by atoms with Crippen molar-refractivity contribution in [3.63, 3.8) is 0 Å². The average Bonchev–Trinajstić information content (AvgIpc) is 3.05. The van der Waals surface area contributed by atoms with E-state index >= 15 is 0 Å². The molecule has 0 unspecified atom stereocenters. The van der Waals surface area contributed by atoms with E-state index in [1.54, 1.807) is 30.3 Å². The van der Waals surface area contributed by atoms with Gasteiger partial charge in [0.1, 0.15) is 18.2 Å². The van der Waals surface area contributed by atoms with E-state index in [9.17, 15) is 28.0 Å². The molecule has 0 saturated carbocycles. The fraction of sp³-hybridized carbons (Fsp3) is 0.111. The maximum Gasteiger partial charge on any atom is 0.417 e. The summed E-state index contributed by atoms with van der Waals surface area (Å²) in [5, 5.41) is 15.7. The highest BCUT2D eigenvalue weighted by Gasteiger charge is 2.31. The number of rotatable bonds is 4. The third-order valence-corrected chi connectivity index (χ3v) is 3.77. The summed E-state index contributed by atoms with van der Waals surface area (Å²) in [7, 11) is 0. The average molecular weight is 387 g/mol. The first kappa shape index (κ1) is 18.9. The van der Waals surface area contributed by atoms with Crippen molar-refractivity contribution in [2.75, 3.05) is 5.32 Å². The molecule has 0 fully saturated rings. The van der Waals surface area contributed by atoms with Gasteiger partial charge in [-0.05, 0) is 18.2 Å². The number of nitrogens with zero attached hydrogens (tertiary/aromatic N) is 4. The Balaban J connectivity index is 1.88. The SMILES string of the molecule is N#Cc1cnn(-c2ccccc2)c1NC(=O)Cn1cc(C(F)(F)F)ccc1=O. The number of aromatic nitrogens is 3. The first-order valence-corrected chi connectivity index (χ1v) is 7.90. The topological polar surface area (TPSA) is 92.7 Å². The molecule has 7 nitrogen and oxygen atoms in total. The number of carbonyl (C=O) groups is 1. The normalized spacial score (nSPS) is 11.1. The maximum absolute atomic E-state index is 12.8. The van der Waals surface area contributed by atoms with Gasteiger partial charge in [0.2, 0.25) is 5.91 Å². The summed E-state index contributed by atoms with van der Waals surface area (Å²) in [6.07, 6.45) is -2.83. The third kappa shape index (κ3) is 3.93. The van der Waals surface area contributed by atoms with Gasteiger partial charge in [0.05, 0.1) is 17.4 Å². The summed E-state index contributed by atoms with van der Waals surface area (Å²) in [6.45, 7) is -0.659. The van der Waals surface area contributed by atoms with Gasteiger partial charge >= 0.3 is 6.18 Å². The first-order valence-electron chi connectivity index (χ1n) is 7.90. The molecule has 0 aliphatic carbocycles. The zero-order valence-electron chi connectivity index (χ0n) is 14.1. The number of halogens is 3. The van der Waals surface area contributed by atoms with E-state index < -0.39 is 29.8 Å². The van der Waals surface area contributed by atoms with Crippen LogP contribution < -0.4 is 10.9 Å². The molecule has 142 valence electrons. The number of alkyl halides is 3. The molecular formula is C18H12F3N5O2. The summed E-state index contributed by atoms with van der Waals surface area (Å²) < 4.78 is 40.4. The Morgan fingerprint density at radius 2 is 1.89 bits per heavy atom. The monoisotopic (exact) mass is 387 g/mol. The Labute approximate surface area is 156 Å². The van der Waals surface area contributed by atoms with Gasteiger partial charge in [0.25, 0.3) is 5.56 Å². The van der Waals surface area contributed by atoms with Crippen LogP contribution in [0.3, 0.4) is 0 Å². The highest BCUT2D eigenvalue weighted by molar-refractivity contribution is 5.91. The van der Waals surface area contributed by atoms with Gasteiger partial charge in [0, 0.05) is 12.3 Å². The number of benzene rings is 1. The van der Waals surface area contributed by atoms with Gasteiger partial charge in [-0.2, -0.15) is 23.5 Å². The molecule has 0 aliphatic rings. The number of amides is 1. The lowest BCUT2D eigenvalue weighted by molar-refractivity contribution is -0.138. The van der Waals surface area contributed by atoms with Crippen LogP contribution >= 0.6 is 0 Å². The highest BCUT2D eigenvalue weighted by atomic mass is 19.4. The minimum Gasteiger partial charge on any atom is -0.308 e. The number of hydrogen-bond donors (Lipinski definition) is 1. The summed E-state index contributed by atoms with van der Waals surface area (Å²) in [5.74, 6) is -0.727. The summed E-state index contributed by atoms with van der Waals surface area (Å²) in [4.78, 5) is 24.1. The minimum absolute atomic E-state index is 0.0544. The standard InChI is InChI=1S/C18H12F3N5O2/c19-18(20,21)13-6-7-16(28)25(10-13)11-15(27)24-17-12(8-22)9-23-26(17)14-4-2-1-3-5-14/h1-7,9-10H,11H2,(H,24,27). The first-order chi connectivity index (χ1) is 13.3. The Morgan fingerprint density at radius 3 is 2.54 bits per heavy atom. The minimum atomic E-state index is -4.65. The van der Waals surface area contributed by atoms with Crippen LogP contribution in [-0.4, -0.2) is 20.3 Å². The molecule has 0 spiro atoms. The molecule has 0 radical (unpaired) electrons. The van der Waals surface area contributed by atoms with Crippen LogP contribution in [0.2, 0.25) is 0 Å². The summed E-state index contributed by atoms with van der Waals surface area (Å²) in [6, 6.07) is 11.9. The molecule has 1 aromatic carbocycles. The molecule has 10 heteroatoms. The van der Waals surface area contributed by atoms with Crippen molar-refractivity contribution in [1.82, 2.24) is 14.3 Å². The number of anilines is 1. The molecule has 0 saturated heterocycles. The van der Waals surface area contributed by atoms with Crippen molar-refractivity contribution in [1.29, 1.82) is 5.26 Å². The van der Waals surface area contributed by atoms with Crippen molar-refractivity contribution >= 4 is 11.7 Å². The summed E-state index contributed by atoms with van der Waals surface area (Å²) >= 11 is 0. The fourth-order valence-electron chi connectivity index (χ4n) is 2.46. The predicted molar refractivity (Wildman–Crippen MR) is 92.6 cm³/mol. The number of carbonyl (C=O) groups excluding carboxylic acids is 1. The molecule has 1 amide bonds. The van der Waals surface area contributed by atoms with Gasteiger partial charge in [-0.3, -0.25) is 9.59 Å². The van der Waals surface area contributed by atoms with Crippen LogP contribution in [0.5, 0.6) is 0 Å². The number of nitriles is 1. The van der Waals surface area contributed by atoms with Crippen molar-refractivity contribution < 1.29 is 18.0 Å². The molecule has 3 rings (SSSR count). The predicted octanol–water partition coefficient (Wildman–Crippen LogP) is 2.56. The molecular weight excluding hydrogens is 375 g/mol. The molecule has 3 aromatic rings. The van der Waals surface area contributed by atoms with Crippen molar-refractivity contribution in [2.45, 2.75) is 12.7 Å². The van der Waals surface area contributed by atoms with Gasteiger partial charge in [-0.25, -0.2) is 4.68 Å². The van der Waals surface area contributed by atoms with Crippen LogP contribution in [-0.2, 0) is 17.5 Å². The second-order valence-corrected chi connectivity index (χ2v) is 5.70. The van der Waals surface area contributed by atoms with Gasteiger partial charge in [-0.15, -0.1) is 0 Å². The van der Waals surface area contributed by atoms with E-state index in [0.29, 0.717) is 22.5 Å². The Hall–Kier alpha value is -3.87. The molecule has 28 heavy (non-hydrogen) atoms. The second-order valence-electron chi connectivity index (χ2n) is 5.70. The molecule has 0 aliphatic heterocycles. The van der Waals surface area contributed by atoms with Crippen LogP contribution in [0, 0.1) is 11.3 Å². The zero-order chi connectivity index (χ0) is 20.3. The maximum atomic E-state index is 12.8. The van der Waals surface area contributed by atoms with E-state index in [2.05, 4.69) is 10.4 Å². The van der Waals surface area contributed by atoms with Gasteiger partial charge in [-0.1, -0.05) is 18.2 Å². The summed E-state index contributed by atoms with van der Waals surface area (Å²) in [5.41, 5.74) is -1.18. The van der Waals surface area contributed by atoms with Crippen LogP contribution in [0.4, 0.5) is 19.0 Å². The smallest absolute Gasteiger partial charge is 0.308 e. The highest BCUT2D eigenvalue weighted by Crippen LogP contribution is 2.28. The van der Waals surface area contributed by atoms with E-state index in [1.807, 2.05) is 6.07 Å². The number of para-hydroxylation sites is 1. The molecule has 0 atom stereocenters. The molecule has 2 heterocycles. The Kier molecular flexibility index (Phi) is 5.00. The van der Waals surface area contributed by atoms with Crippen LogP contribution in [0.1, 0.15) is 11.1 Å². The Bertz CT molecular complexity index is 1110. The van der Waals surface area contributed by atoms with Crippen molar-refractivity contribution in [3.8, 4) is 11.8 Å². The molecule has 0 bridgehead atoms. The van der Waals surface area contributed by atoms with Crippen molar-refractivity contribution in [2.24, 2.45) is 0 Å². The molecule has 1 N–H and O–H groups in total. The van der Waals surface area contributed by atoms with Gasteiger partial charge in [0.15, 0.2) is 5.82 Å². The lowest BCUT2D eigenvalue weighted by Crippen LogP contribution is -2.28. The van der Waals surface area contributed by atoms with E-state index in [1.165, 1.54) is 10.9 Å². The number of pyridine rings is 1. The zero-order valence-corrected chi connectivity index (χ0v) is 14.1. The fourth-order valence-corrected chi connectivity index (χ4v) is 2.46. The lowest BCUT2D eigenvalue weighted by Gasteiger charge is -2.12. The Morgan fingerprint density at radius 1 is 1.18 bits per heavy atom.